The van der Waals surface area contributed by atoms with Crippen LogP contribution in [0.1, 0.15) is 12.5 Å². The molecule has 0 unspecified atom stereocenters. The molecule has 2 aromatic carbocycles. The highest BCUT2D eigenvalue weighted by molar-refractivity contribution is 7.92. The summed E-state index contributed by atoms with van der Waals surface area (Å²) < 4.78 is 43.5. The molecule has 0 aliphatic heterocycles. The Bertz CT molecular complexity index is 854. The number of amides is 1. The van der Waals surface area contributed by atoms with Gasteiger partial charge in [-0.2, -0.15) is 0 Å². The zero-order valence-electron chi connectivity index (χ0n) is 14.6. The Morgan fingerprint density at radius 1 is 1.19 bits per heavy atom. The summed E-state index contributed by atoms with van der Waals surface area (Å²) in [6.45, 7) is 2.08. The number of rotatable bonds is 8. The normalized spacial score (nSPS) is 11.0. The summed E-state index contributed by atoms with van der Waals surface area (Å²) in [5.41, 5.74) is 1.05. The lowest BCUT2D eigenvalue weighted by Gasteiger charge is -2.22. The van der Waals surface area contributed by atoms with E-state index in [0.717, 1.165) is 10.6 Å². The lowest BCUT2D eigenvalue weighted by atomic mass is 10.2. The predicted molar refractivity (Wildman–Crippen MR) is 98.0 cm³/mol. The summed E-state index contributed by atoms with van der Waals surface area (Å²) in [4.78, 5) is 12.2. The third-order valence-electron chi connectivity index (χ3n) is 3.51. The molecule has 2 rings (SSSR count). The largest absolute Gasteiger partial charge is 0.494 e. The van der Waals surface area contributed by atoms with Crippen LogP contribution in [0.25, 0.3) is 0 Å². The van der Waals surface area contributed by atoms with Gasteiger partial charge < -0.3 is 10.1 Å². The van der Waals surface area contributed by atoms with E-state index in [1.807, 2.05) is 6.92 Å². The van der Waals surface area contributed by atoms with Crippen LogP contribution < -0.4 is 14.4 Å². The number of hydrogen-bond donors (Lipinski definition) is 1. The van der Waals surface area contributed by atoms with E-state index in [1.165, 1.54) is 12.1 Å². The SMILES string of the molecule is CCOc1cccc(N(CC(=O)NCc2ccc(F)cc2)S(C)(=O)=O)c1. The minimum absolute atomic E-state index is 0.176. The highest BCUT2D eigenvalue weighted by Gasteiger charge is 2.21. The van der Waals surface area contributed by atoms with Crippen molar-refractivity contribution in [2.45, 2.75) is 13.5 Å². The smallest absolute Gasteiger partial charge is 0.241 e. The first kappa shape index (κ1) is 19.7. The molecule has 0 atom stereocenters. The van der Waals surface area contributed by atoms with Gasteiger partial charge in [0.25, 0.3) is 0 Å². The lowest BCUT2D eigenvalue weighted by Crippen LogP contribution is -2.40. The van der Waals surface area contributed by atoms with Gasteiger partial charge in [0.15, 0.2) is 0 Å². The summed E-state index contributed by atoms with van der Waals surface area (Å²) in [6.07, 6.45) is 1.04. The molecule has 0 fully saturated rings. The first-order valence-corrected chi connectivity index (χ1v) is 9.86. The molecule has 140 valence electrons. The van der Waals surface area contributed by atoms with Crippen LogP contribution in [0.4, 0.5) is 10.1 Å². The minimum atomic E-state index is -3.67. The van der Waals surface area contributed by atoms with Crippen molar-refractivity contribution in [2.75, 3.05) is 23.7 Å². The van der Waals surface area contributed by atoms with Gasteiger partial charge >= 0.3 is 0 Å². The van der Waals surface area contributed by atoms with Crippen LogP contribution in [-0.4, -0.2) is 33.7 Å². The zero-order chi connectivity index (χ0) is 19.2. The second-order valence-corrected chi connectivity index (χ2v) is 7.51. The Morgan fingerprint density at radius 3 is 2.50 bits per heavy atom. The van der Waals surface area contributed by atoms with Crippen LogP contribution in [0.5, 0.6) is 5.75 Å². The van der Waals surface area contributed by atoms with Crippen molar-refractivity contribution in [3.05, 3.63) is 59.9 Å². The van der Waals surface area contributed by atoms with Gasteiger partial charge in [-0.15, -0.1) is 0 Å². The lowest BCUT2D eigenvalue weighted by molar-refractivity contribution is -0.119. The maximum Gasteiger partial charge on any atom is 0.241 e. The molecule has 1 N–H and O–H groups in total. The van der Waals surface area contributed by atoms with Gasteiger partial charge in [0.2, 0.25) is 15.9 Å². The number of benzene rings is 2. The van der Waals surface area contributed by atoms with Crippen molar-refractivity contribution >= 4 is 21.6 Å². The molecule has 0 bridgehead atoms. The van der Waals surface area contributed by atoms with Gasteiger partial charge in [-0.3, -0.25) is 9.10 Å². The second-order valence-electron chi connectivity index (χ2n) is 5.60. The topological polar surface area (TPSA) is 75.7 Å². The average molecular weight is 380 g/mol. The fourth-order valence-corrected chi connectivity index (χ4v) is 3.13. The van der Waals surface area contributed by atoms with E-state index in [0.29, 0.717) is 23.6 Å². The molecule has 6 nitrogen and oxygen atoms in total. The van der Waals surface area contributed by atoms with Crippen molar-refractivity contribution in [2.24, 2.45) is 0 Å². The highest BCUT2D eigenvalue weighted by atomic mass is 32.2. The molecule has 1 amide bonds. The molecule has 8 heteroatoms. The number of nitrogens with one attached hydrogen (secondary N) is 1. The number of nitrogens with zero attached hydrogens (tertiary/aromatic N) is 1. The predicted octanol–water partition coefficient (Wildman–Crippen LogP) is 2.31. The molecule has 0 spiro atoms. The molecular formula is C18H21FN2O4S. The van der Waals surface area contributed by atoms with Gasteiger partial charge in [-0.05, 0) is 36.8 Å². The first-order valence-electron chi connectivity index (χ1n) is 8.01. The quantitative estimate of drug-likeness (QED) is 0.763. The van der Waals surface area contributed by atoms with Crippen molar-refractivity contribution in [3.63, 3.8) is 0 Å². The standard InChI is InChI=1S/C18H21FN2O4S/c1-3-25-17-6-4-5-16(11-17)21(26(2,23)24)13-18(22)20-12-14-7-9-15(19)10-8-14/h4-11H,3,12-13H2,1-2H3,(H,20,22). The molecule has 26 heavy (non-hydrogen) atoms. The second kappa shape index (κ2) is 8.66. The molecule has 2 aromatic rings. The van der Waals surface area contributed by atoms with E-state index in [-0.39, 0.29) is 18.9 Å². The Labute approximate surface area is 152 Å². The number of carbonyl (C=O) groups excluding carboxylic acids is 1. The van der Waals surface area contributed by atoms with Crippen LogP contribution in [0.15, 0.2) is 48.5 Å². The Hall–Kier alpha value is -2.61. The van der Waals surface area contributed by atoms with Crippen molar-refractivity contribution in [1.82, 2.24) is 5.32 Å². The van der Waals surface area contributed by atoms with E-state index in [1.54, 1.807) is 36.4 Å². The Kier molecular flexibility index (Phi) is 6.57. The first-order chi connectivity index (χ1) is 12.3. The van der Waals surface area contributed by atoms with Gasteiger partial charge in [-0.25, -0.2) is 12.8 Å². The summed E-state index contributed by atoms with van der Waals surface area (Å²) >= 11 is 0. The number of ether oxygens (including phenoxy) is 1. The number of halogens is 1. The fraction of sp³-hybridized carbons (Fsp3) is 0.278. The summed E-state index contributed by atoms with van der Waals surface area (Å²) in [5.74, 6) is -0.315. The van der Waals surface area contributed by atoms with E-state index in [4.69, 9.17) is 4.74 Å². The monoisotopic (exact) mass is 380 g/mol. The minimum Gasteiger partial charge on any atom is -0.494 e. The van der Waals surface area contributed by atoms with Crippen LogP contribution in [0.3, 0.4) is 0 Å². The molecule has 0 saturated carbocycles. The molecule has 0 saturated heterocycles. The van der Waals surface area contributed by atoms with Crippen LogP contribution in [-0.2, 0) is 21.4 Å². The van der Waals surface area contributed by atoms with E-state index in [9.17, 15) is 17.6 Å². The van der Waals surface area contributed by atoms with E-state index in [2.05, 4.69) is 5.32 Å². The number of carbonyl (C=O) groups is 1. The molecule has 0 aliphatic carbocycles. The van der Waals surface area contributed by atoms with E-state index >= 15 is 0 Å². The van der Waals surface area contributed by atoms with Gasteiger partial charge in [0.05, 0.1) is 18.6 Å². The maximum absolute atomic E-state index is 12.9. The third kappa shape index (κ3) is 5.73. The zero-order valence-corrected chi connectivity index (χ0v) is 15.4. The van der Waals surface area contributed by atoms with Crippen molar-refractivity contribution in [1.29, 1.82) is 0 Å². The average Bonchev–Trinajstić information content (AvgIpc) is 2.59. The highest BCUT2D eigenvalue weighted by Crippen LogP contribution is 2.23. The number of sulfonamides is 1. The Balaban J connectivity index is 2.09. The van der Waals surface area contributed by atoms with E-state index < -0.39 is 15.9 Å². The number of anilines is 1. The summed E-state index contributed by atoms with van der Waals surface area (Å²) in [7, 11) is -3.67. The van der Waals surface area contributed by atoms with Crippen molar-refractivity contribution in [3.8, 4) is 5.75 Å². The summed E-state index contributed by atoms with van der Waals surface area (Å²) in [6, 6.07) is 12.2. The molecule has 0 aliphatic rings. The third-order valence-corrected chi connectivity index (χ3v) is 4.65. The molecular weight excluding hydrogens is 359 g/mol. The van der Waals surface area contributed by atoms with Crippen LogP contribution in [0, 0.1) is 5.82 Å². The fourth-order valence-electron chi connectivity index (χ4n) is 2.28. The Morgan fingerprint density at radius 2 is 1.88 bits per heavy atom. The van der Waals surface area contributed by atoms with Gasteiger partial charge in [-0.1, -0.05) is 18.2 Å². The number of hydrogen-bond acceptors (Lipinski definition) is 4. The molecule has 0 radical (unpaired) electrons. The summed E-state index contributed by atoms with van der Waals surface area (Å²) in [5, 5.41) is 2.63. The van der Waals surface area contributed by atoms with Crippen LogP contribution >= 0.6 is 0 Å². The van der Waals surface area contributed by atoms with Crippen LogP contribution in [0.2, 0.25) is 0 Å². The molecule has 0 heterocycles. The van der Waals surface area contributed by atoms with Gasteiger partial charge in [0, 0.05) is 12.6 Å². The molecule has 0 aromatic heterocycles. The maximum atomic E-state index is 12.9. The van der Waals surface area contributed by atoms with Crippen molar-refractivity contribution < 1.29 is 22.3 Å². The van der Waals surface area contributed by atoms with Gasteiger partial charge in [0.1, 0.15) is 18.1 Å².